The number of rotatable bonds is 7. The molecule has 0 bridgehead atoms. The van der Waals surface area contributed by atoms with Crippen molar-refractivity contribution in [2.75, 3.05) is 11.9 Å². The van der Waals surface area contributed by atoms with Crippen molar-refractivity contribution < 1.29 is 9.59 Å². The Balaban J connectivity index is 1.71. The van der Waals surface area contributed by atoms with Gasteiger partial charge in [0.05, 0.1) is 11.4 Å². The maximum atomic E-state index is 13.4. The summed E-state index contributed by atoms with van der Waals surface area (Å²) in [5, 5.41) is 7.88. The lowest BCUT2D eigenvalue weighted by Crippen LogP contribution is -2.42. The van der Waals surface area contributed by atoms with Gasteiger partial charge in [-0.05, 0) is 63.1 Å². The molecule has 4 rings (SSSR count). The lowest BCUT2D eigenvalue weighted by Gasteiger charge is -2.26. The van der Waals surface area contributed by atoms with E-state index in [1.807, 2.05) is 94.4 Å². The Morgan fingerprint density at radius 1 is 0.972 bits per heavy atom. The van der Waals surface area contributed by atoms with E-state index in [9.17, 15) is 9.59 Å². The van der Waals surface area contributed by atoms with Crippen LogP contribution in [0.2, 0.25) is 0 Å². The van der Waals surface area contributed by atoms with Crippen LogP contribution in [-0.4, -0.2) is 39.1 Å². The smallest absolute Gasteiger partial charge is 0.254 e. The highest BCUT2D eigenvalue weighted by molar-refractivity contribution is 9.10. The summed E-state index contributed by atoms with van der Waals surface area (Å²) in [6.45, 7) is 7.66. The molecule has 3 aromatic carbocycles. The van der Waals surface area contributed by atoms with Gasteiger partial charge in [0.15, 0.2) is 0 Å². The fourth-order valence-corrected chi connectivity index (χ4v) is 4.57. The maximum Gasteiger partial charge on any atom is 0.254 e. The third-order valence-corrected chi connectivity index (χ3v) is 6.49. The predicted molar refractivity (Wildman–Crippen MR) is 147 cm³/mol. The van der Waals surface area contributed by atoms with Gasteiger partial charge in [-0.3, -0.25) is 9.59 Å². The van der Waals surface area contributed by atoms with Crippen LogP contribution in [0.15, 0.2) is 83.3 Å². The van der Waals surface area contributed by atoms with Crippen molar-refractivity contribution in [1.29, 1.82) is 0 Å². The van der Waals surface area contributed by atoms with E-state index in [1.54, 1.807) is 21.7 Å². The Labute approximate surface area is 220 Å². The van der Waals surface area contributed by atoms with Gasteiger partial charge < -0.3 is 10.2 Å². The largest absolute Gasteiger partial charge is 0.327 e. The first-order chi connectivity index (χ1) is 17.3. The second kappa shape index (κ2) is 10.9. The van der Waals surface area contributed by atoms with E-state index < -0.39 is 0 Å². The number of carbonyl (C=O) groups excluding carboxylic acids is 2. The van der Waals surface area contributed by atoms with Crippen molar-refractivity contribution in [2.45, 2.75) is 33.7 Å². The Kier molecular flexibility index (Phi) is 7.70. The molecule has 1 aromatic heterocycles. The molecule has 184 valence electrons. The van der Waals surface area contributed by atoms with Crippen LogP contribution >= 0.6 is 15.9 Å². The number of benzene rings is 3. The Morgan fingerprint density at radius 3 is 2.33 bits per heavy atom. The molecule has 0 saturated heterocycles. The van der Waals surface area contributed by atoms with Gasteiger partial charge in [0.1, 0.15) is 12.4 Å². The molecule has 0 unspecified atom stereocenters. The molecule has 0 fully saturated rings. The summed E-state index contributed by atoms with van der Waals surface area (Å²) in [5.74, 6) is 0.0869. The molecule has 0 saturated carbocycles. The molecule has 0 aliphatic heterocycles. The standard InChI is InChI=1S/C29H29BrN4O2/c1-19(2)33(29(36)23-14-10-15-24(30)17-23)18-26(35)31-28-27(22-12-6-5-7-13-22)21(4)32-34(28)25-16-9-8-11-20(25)3/h5-17,19H,18H2,1-4H3,(H,31,35). The van der Waals surface area contributed by atoms with E-state index in [0.29, 0.717) is 11.4 Å². The molecule has 6 nitrogen and oxygen atoms in total. The fraction of sp³-hybridized carbons (Fsp3) is 0.207. The van der Waals surface area contributed by atoms with Crippen molar-refractivity contribution in [3.8, 4) is 16.8 Å². The van der Waals surface area contributed by atoms with Gasteiger partial charge >= 0.3 is 0 Å². The Bertz CT molecular complexity index is 1400. The molecule has 0 aliphatic rings. The first kappa shape index (κ1) is 25.4. The monoisotopic (exact) mass is 544 g/mol. The number of hydrogen-bond acceptors (Lipinski definition) is 3. The molecule has 1 heterocycles. The lowest BCUT2D eigenvalue weighted by molar-refractivity contribution is -0.117. The average Bonchev–Trinajstić information content (AvgIpc) is 3.17. The zero-order valence-corrected chi connectivity index (χ0v) is 22.4. The first-order valence-electron chi connectivity index (χ1n) is 11.8. The van der Waals surface area contributed by atoms with Crippen LogP contribution in [0.5, 0.6) is 0 Å². The third-order valence-electron chi connectivity index (χ3n) is 5.99. The Hall–Kier alpha value is -3.71. The van der Waals surface area contributed by atoms with Gasteiger partial charge in [-0.1, -0.05) is 70.5 Å². The number of aromatic nitrogens is 2. The first-order valence-corrected chi connectivity index (χ1v) is 12.6. The normalized spacial score (nSPS) is 10.9. The Morgan fingerprint density at radius 2 is 1.67 bits per heavy atom. The number of nitrogens with zero attached hydrogens (tertiary/aromatic N) is 3. The maximum absolute atomic E-state index is 13.4. The second-order valence-corrected chi connectivity index (χ2v) is 9.87. The summed E-state index contributed by atoms with van der Waals surface area (Å²) in [6.07, 6.45) is 0. The van der Waals surface area contributed by atoms with Gasteiger partial charge in [0.25, 0.3) is 5.91 Å². The van der Waals surface area contributed by atoms with Crippen LogP contribution in [-0.2, 0) is 4.79 Å². The highest BCUT2D eigenvalue weighted by Crippen LogP contribution is 2.34. The quantitative estimate of drug-likeness (QED) is 0.292. The van der Waals surface area contributed by atoms with E-state index in [-0.39, 0.29) is 24.4 Å². The summed E-state index contributed by atoms with van der Waals surface area (Å²) in [7, 11) is 0. The van der Waals surface area contributed by atoms with Crippen molar-refractivity contribution in [3.05, 3.63) is 100 Å². The minimum atomic E-state index is -0.293. The molecule has 0 spiro atoms. The zero-order chi connectivity index (χ0) is 25.8. The van der Waals surface area contributed by atoms with E-state index in [0.717, 1.165) is 32.5 Å². The highest BCUT2D eigenvalue weighted by Gasteiger charge is 2.25. The molecule has 36 heavy (non-hydrogen) atoms. The number of nitrogens with one attached hydrogen (secondary N) is 1. The van der Waals surface area contributed by atoms with Crippen LogP contribution in [0.25, 0.3) is 16.8 Å². The van der Waals surface area contributed by atoms with Gasteiger partial charge in [-0.25, -0.2) is 4.68 Å². The summed E-state index contributed by atoms with van der Waals surface area (Å²) >= 11 is 3.42. The number of carbonyl (C=O) groups is 2. The van der Waals surface area contributed by atoms with Crippen LogP contribution in [0.1, 0.15) is 35.5 Å². The fourth-order valence-electron chi connectivity index (χ4n) is 4.17. The van der Waals surface area contributed by atoms with E-state index in [4.69, 9.17) is 5.10 Å². The molecule has 0 aliphatic carbocycles. The minimum absolute atomic E-state index is 0.0881. The van der Waals surface area contributed by atoms with Gasteiger partial charge in [0.2, 0.25) is 5.91 Å². The third kappa shape index (κ3) is 5.41. The molecule has 4 aromatic rings. The summed E-state index contributed by atoms with van der Waals surface area (Å²) < 4.78 is 2.59. The van der Waals surface area contributed by atoms with E-state index >= 15 is 0 Å². The average molecular weight is 545 g/mol. The minimum Gasteiger partial charge on any atom is -0.327 e. The summed E-state index contributed by atoms with van der Waals surface area (Å²) in [4.78, 5) is 28.3. The predicted octanol–water partition coefficient (Wildman–Crippen LogP) is 6.41. The van der Waals surface area contributed by atoms with Crippen LogP contribution in [0.3, 0.4) is 0 Å². The van der Waals surface area contributed by atoms with Crippen LogP contribution in [0.4, 0.5) is 5.82 Å². The summed E-state index contributed by atoms with van der Waals surface area (Å²) in [5.41, 5.74) is 5.03. The van der Waals surface area contributed by atoms with E-state index in [1.165, 1.54) is 0 Å². The second-order valence-electron chi connectivity index (χ2n) is 8.96. The lowest BCUT2D eigenvalue weighted by atomic mass is 10.1. The van der Waals surface area contributed by atoms with Crippen molar-refractivity contribution in [1.82, 2.24) is 14.7 Å². The molecule has 2 amide bonds. The topological polar surface area (TPSA) is 67.2 Å². The number of hydrogen-bond donors (Lipinski definition) is 1. The van der Waals surface area contributed by atoms with Crippen LogP contribution < -0.4 is 5.32 Å². The van der Waals surface area contributed by atoms with Gasteiger partial charge in [0, 0.05) is 21.6 Å². The summed E-state index contributed by atoms with van der Waals surface area (Å²) in [6, 6.07) is 24.8. The molecule has 0 radical (unpaired) electrons. The van der Waals surface area contributed by atoms with Crippen molar-refractivity contribution >= 4 is 33.6 Å². The SMILES string of the molecule is Cc1ccccc1-n1nc(C)c(-c2ccccc2)c1NC(=O)CN(C(=O)c1cccc(Br)c1)C(C)C. The number of para-hydroxylation sites is 1. The zero-order valence-electron chi connectivity index (χ0n) is 20.8. The van der Waals surface area contributed by atoms with Gasteiger partial charge in [-0.15, -0.1) is 0 Å². The number of aryl methyl sites for hydroxylation is 2. The number of amides is 2. The molecule has 1 N–H and O–H groups in total. The molecule has 0 atom stereocenters. The molecular weight excluding hydrogens is 516 g/mol. The van der Waals surface area contributed by atoms with Crippen molar-refractivity contribution in [3.63, 3.8) is 0 Å². The highest BCUT2D eigenvalue weighted by atomic mass is 79.9. The van der Waals surface area contributed by atoms with Crippen molar-refractivity contribution in [2.24, 2.45) is 0 Å². The van der Waals surface area contributed by atoms with Crippen LogP contribution in [0, 0.1) is 13.8 Å². The molecular formula is C29H29BrN4O2. The van der Waals surface area contributed by atoms with Gasteiger partial charge in [-0.2, -0.15) is 5.10 Å². The number of halogens is 1. The molecule has 7 heteroatoms. The number of anilines is 1. The van der Waals surface area contributed by atoms with E-state index in [2.05, 4.69) is 21.2 Å².